The molecular weight excluding hydrogens is 490 g/mol. The summed E-state index contributed by atoms with van der Waals surface area (Å²) < 4.78 is 1.79. The lowest BCUT2D eigenvalue weighted by atomic mass is 10.1. The number of nitrogens with zero attached hydrogens (tertiary/aromatic N) is 2. The number of hydrogen-bond donors (Lipinski definition) is 2. The first-order valence-electron chi connectivity index (χ1n) is 10.5. The zero-order chi connectivity index (χ0) is 25.3. The fourth-order valence-corrected chi connectivity index (χ4v) is 4.86. The van der Waals surface area contributed by atoms with E-state index in [2.05, 4.69) is 5.32 Å². The van der Waals surface area contributed by atoms with Gasteiger partial charge in [-0.25, -0.2) is 4.79 Å². The van der Waals surface area contributed by atoms with Gasteiger partial charge in [0.2, 0.25) is 5.91 Å². The number of aromatic nitrogens is 1. The van der Waals surface area contributed by atoms with Crippen LogP contribution in [0.4, 0.5) is 10.5 Å². The third-order valence-corrected chi connectivity index (χ3v) is 6.56. The monoisotopic (exact) mass is 509 g/mol. The van der Waals surface area contributed by atoms with E-state index in [1.807, 2.05) is 13.0 Å². The summed E-state index contributed by atoms with van der Waals surface area (Å²) in [7, 11) is 0. The Bertz CT molecular complexity index is 1410. The van der Waals surface area contributed by atoms with E-state index in [0.717, 1.165) is 22.4 Å². The van der Waals surface area contributed by atoms with Crippen molar-refractivity contribution in [1.82, 2.24) is 9.47 Å². The van der Waals surface area contributed by atoms with Crippen LogP contribution in [0.2, 0.25) is 5.02 Å². The number of nitrogens with one attached hydrogen (secondary N) is 1. The molecule has 0 saturated carbocycles. The summed E-state index contributed by atoms with van der Waals surface area (Å²) in [6, 6.07) is 15.0. The maximum Gasteiger partial charge on any atom is 0.337 e. The van der Waals surface area contributed by atoms with E-state index in [0.29, 0.717) is 27.7 Å². The second-order valence-corrected chi connectivity index (χ2v) is 9.24. The molecule has 2 aromatic carbocycles. The quantitative estimate of drug-likeness (QED) is 0.446. The molecular formula is C25H20ClN3O5S. The number of para-hydroxylation sites is 1. The summed E-state index contributed by atoms with van der Waals surface area (Å²) >= 11 is 6.67. The molecule has 1 fully saturated rings. The molecule has 2 N–H and O–H groups in total. The van der Waals surface area contributed by atoms with E-state index in [1.165, 1.54) is 6.07 Å². The minimum atomic E-state index is -1.05. The summed E-state index contributed by atoms with van der Waals surface area (Å²) in [6.45, 7) is 3.20. The molecule has 2 heterocycles. The molecule has 0 radical (unpaired) electrons. The molecule has 0 unspecified atom stereocenters. The van der Waals surface area contributed by atoms with Gasteiger partial charge >= 0.3 is 5.97 Å². The lowest BCUT2D eigenvalue weighted by Gasteiger charge is -2.13. The predicted octanol–water partition coefficient (Wildman–Crippen LogP) is 5.12. The number of thioether (sulfide) groups is 1. The Kier molecular flexibility index (Phi) is 6.81. The van der Waals surface area contributed by atoms with Gasteiger partial charge in [0.15, 0.2) is 0 Å². The number of aromatic carboxylic acids is 1. The molecule has 178 valence electrons. The van der Waals surface area contributed by atoms with Crippen LogP contribution < -0.4 is 5.32 Å². The van der Waals surface area contributed by atoms with Crippen molar-refractivity contribution < 1.29 is 24.3 Å². The van der Waals surface area contributed by atoms with Crippen LogP contribution in [0.15, 0.2) is 59.5 Å². The number of imide groups is 1. The highest BCUT2D eigenvalue weighted by molar-refractivity contribution is 8.18. The van der Waals surface area contributed by atoms with E-state index in [1.54, 1.807) is 60.0 Å². The average molecular weight is 510 g/mol. The third-order valence-electron chi connectivity index (χ3n) is 5.42. The summed E-state index contributed by atoms with van der Waals surface area (Å²) in [6.07, 6.45) is 1.59. The first kappa shape index (κ1) is 24.3. The van der Waals surface area contributed by atoms with Crippen molar-refractivity contribution in [3.05, 3.63) is 87.0 Å². The fraction of sp³-hybridized carbons (Fsp3) is 0.120. The zero-order valence-electron chi connectivity index (χ0n) is 18.7. The van der Waals surface area contributed by atoms with Gasteiger partial charge in [0.1, 0.15) is 6.54 Å². The van der Waals surface area contributed by atoms with E-state index in [9.17, 15) is 24.3 Å². The molecule has 35 heavy (non-hydrogen) atoms. The van der Waals surface area contributed by atoms with Crippen molar-refractivity contribution in [3.63, 3.8) is 0 Å². The Morgan fingerprint density at radius 3 is 2.54 bits per heavy atom. The van der Waals surface area contributed by atoms with Crippen molar-refractivity contribution in [2.45, 2.75) is 13.8 Å². The van der Waals surface area contributed by atoms with E-state index >= 15 is 0 Å². The van der Waals surface area contributed by atoms with Crippen LogP contribution in [0.5, 0.6) is 0 Å². The topological polar surface area (TPSA) is 109 Å². The van der Waals surface area contributed by atoms with Gasteiger partial charge in [0.25, 0.3) is 11.1 Å². The number of anilines is 1. The van der Waals surface area contributed by atoms with Crippen LogP contribution in [-0.4, -0.2) is 44.1 Å². The summed E-state index contributed by atoms with van der Waals surface area (Å²) in [5.41, 5.74) is 3.24. The molecule has 10 heteroatoms. The standard InChI is InChI=1S/C25H20ClN3O5S/c1-14-10-16(15(2)29(14)20-9-4-3-8-19(20)24(32)33)11-21-23(31)28(25(34)35-21)13-22(30)27-18-7-5-6-17(26)12-18/h3-12H,13H2,1-2H3,(H,27,30)(H,32,33)/b21-11-. The van der Waals surface area contributed by atoms with Gasteiger partial charge in [-0.3, -0.25) is 19.3 Å². The number of carboxylic acid groups (broad SMARTS) is 1. The zero-order valence-corrected chi connectivity index (χ0v) is 20.3. The van der Waals surface area contributed by atoms with E-state index < -0.39 is 29.6 Å². The van der Waals surface area contributed by atoms with Gasteiger partial charge in [-0.2, -0.15) is 0 Å². The minimum absolute atomic E-state index is 0.145. The van der Waals surface area contributed by atoms with E-state index in [4.69, 9.17) is 11.6 Å². The number of benzene rings is 2. The van der Waals surface area contributed by atoms with Gasteiger partial charge < -0.3 is 15.0 Å². The van der Waals surface area contributed by atoms with Crippen molar-refractivity contribution in [2.24, 2.45) is 0 Å². The highest BCUT2D eigenvalue weighted by Gasteiger charge is 2.36. The van der Waals surface area contributed by atoms with Crippen molar-refractivity contribution in [2.75, 3.05) is 11.9 Å². The molecule has 3 amide bonds. The van der Waals surface area contributed by atoms with Crippen molar-refractivity contribution in [1.29, 1.82) is 0 Å². The van der Waals surface area contributed by atoms with Crippen molar-refractivity contribution >= 4 is 58.1 Å². The smallest absolute Gasteiger partial charge is 0.337 e. The molecule has 8 nitrogen and oxygen atoms in total. The largest absolute Gasteiger partial charge is 0.478 e. The minimum Gasteiger partial charge on any atom is -0.478 e. The Morgan fingerprint density at radius 1 is 1.09 bits per heavy atom. The Morgan fingerprint density at radius 2 is 1.83 bits per heavy atom. The van der Waals surface area contributed by atoms with E-state index in [-0.39, 0.29) is 10.5 Å². The first-order valence-corrected chi connectivity index (χ1v) is 11.7. The lowest BCUT2D eigenvalue weighted by Crippen LogP contribution is -2.36. The SMILES string of the molecule is Cc1cc(/C=C2\SC(=O)N(CC(=O)Nc3cccc(Cl)c3)C2=O)c(C)n1-c1ccccc1C(=O)O. The molecule has 0 atom stereocenters. The molecule has 1 aliphatic rings. The highest BCUT2D eigenvalue weighted by atomic mass is 35.5. The Hall–Kier alpha value is -3.82. The van der Waals surface area contributed by atoms with Gasteiger partial charge in [-0.05, 0) is 73.6 Å². The maximum absolute atomic E-state index is 12.9. The number of aryl methyl sites for hydroxylation is 1. The summed E-state index contributed by atoms with van der Waals surface area (Å²) in [5.74, 6) is -2.15. The number of carbonyl (C=O) groups excluding carboxylic acids is 3. The maximum atomic E-state index is 12.9. The second kappa shape index (κ2) is 9.81. The molecule has 1 saturated heterocycles. The molecule has 1 aromatic heterocycles. The van der Waals surface area contributed by atoms with Crippen LogP contribution in [0.3, 0.4) is 0 Å². The number of hydrogen-bond acceptors (Lipinski definition) is 5. The van der Waals surface area contributed by atoms with Crippen molar-refractivity contribution in [3.8, 4) is 5.69 Å². The number of rotatable bonds is 6. The molecule has 3 aromatic rings. The van der Waals surface area contributed by atoms with Crippen LogP contribution >= 0.6 is 23.4 Å². The lowest BCUT2D eigenvalue weighted by molar-refractivity contribution is -0.127. The summed E-state index contributed by atoms with van der Waals surface area (Å²) in [4.78, 5) is 50.5. The van der Waals surface area contributed by atoms with Gasteiger partial charge in [0.05, 0.1) is 16.2 Å². The number of halogens is 1. The van der Waals surface area contributed by atoms with Crippen LogP contribution in [0, 0.1) is 13.8 Å². The van der Waals surface area contributed by atoms with Crippen LogP contribution in [0.25, 0.3) is 11.8 Å². The highest BCUT2D eigenvalue weighted by Crippen LogP contribution is 2.34. The number of carboxylic acids is 1. The second-order valence-electron chi connectivity index (χ2n) is 7.81. The Labute approximate surface area is 210 Å². The molecule has 4 rings (SSSR count). The first-order chi connectivity index (χ1) is 16.7. The van der Waals surface area contributed by atoms with Crippen LogP contribution in [-0.2, 0) is 9.59 Å². The van der Waals surface area contributed by atoms with Gasteiger partial charge in [0, 0.05) is 22.1 Å². The molecule has 1 aliphatic heterocycles. The normalized spacial score (nSPS) is 14.6. The van der Waals surface area contributed by atoms with Gasteiger partial charge in [-0.1, -0.05) is 29.8 Å². The van der Waals surface area contributed by atoms with Crippen LogP contribution in [0.1, 0.15) is 27.3 Å². The Balaban J connectivity index is 1.57. The third kappa shape index (κ3) is 5.01. The molecule has 0 aliphatic carbocycles. The average Bonchev–Trinajstić information content (AvgIpc) is 3.22. The van der Waals surface area contributed by atoms with Gasteiger partial charge in [-0.15, -0.1) is 0 Å². The number of carbonyl (C=O) groups is 4. The predicted molar refractivity (Wildman–Crippen MR) is 135 cm³/mol. The molecule has 0 bridgehead atoms. The number of amides is 3. The fourth-order valence-electron chi connectivity index (χ4n) is 3.84. The molecule has 0 spiro atoms. The summed E-state index contributed by atoms with van der Waals surface area (Å²) in [5, 5.41) is 12.1.